The molecule has 0 N–H and O–H groups in total. The van der Waals surface area contributed by atoms with Crippen molar-refractivity contribution < 1.29 is 0 Å². The van der Waals surface area contributed by atoms with Gasteiger partial charge in [-0.3, -0.25) is 0 Å². The van der Waals surface area contributed by atoms with Crippen LogP contribution in [0.15, 0.2) is 24.3 Å². The molecule has 62 valence electrons. The largest absolute Gasteiger partial charge is 0.0885 e. The van der Waals surface area contributed by atoms with E-state index in [4.69, 9.17) is 0 Å². The lowest BCUT2D eigenvalue weighted by molar-refractivity contribution is 0.761. The Kier molecular flexibility index (Phi) is 4.84. The number of hydrogen-bond acceptors (Lipinski definition) is 0. The van der Waals surface area contributed by atoms with Crippen LogP contribution >= 0.6 is 0 Å². The molecule has 1 aliphatic carbocycles. The molecule has 0 heterocycles. The second-order valence-corrected chi connectivity index (χ2v) is 3.16. The molecule has 0 spiro atoms. The molecule has 0 nitrogen and oxygen atoms in total. The molecular weight excluding hydrogens is 132 g/mol. The highest BCUT2D eigenvalue weighted by atomic mass is 13.9. The molecule has 0 amide bonds. The quantitative estimate of drug-likeness (QED) is 0.460. The highest BCUT2D eigenvalue weighted by molar-refractivity contribution is 4.87. The predicted octanol–water partition coefficient (Wildman–Crippen LogP) is 3.84. The zero-order chi connectivity index (χ0) is 7.78. The molecule has 1 rings (SSSR count). The third-order valence-corrected chi connectivity index (χ3v) is 2.07. The van der Waals surface area contributed by atoms with Gasteiger partial charge in [0, 0.05) is 0 Å². The summed E-state index contributed by atoms with van der Waals surface area (Å²) >= 11 is 0. The monoisotopic (exact) mass is 150 g/mol. The van der Waals surface area contributed by atoms with Gasteiger partial charge in [0.2, 0.25) is 0 Å². The maximum absolute atomic E-state index is 2.34. The molecule has 0 atom stereocenters. The summed E-state index contributed by atoms with van der Waals surface area (Å²) in [5.41, 5.74) is 0. The average molecular weight is 150 g/mol. The van der Waals surface area contributed by atoms with E-state index in [0.29, 0.717) is 0 Å². The minimum Gasteiger partial charge on any atom is -0.0885 e. The Bertz CT molecular complexity index is 115. The standard InChI is InChI=1S/C11H18/c1-2-4-6-8-10-11-9-7-5-3-1/h1-2,9,11H,3-8,10H2/b2-1-,11-9?. The normalized spacial score (nSPS) is 24.0. The highest BCUT2D eigenvalue weighted by Crippen LogP contribution is 2.06. The van der Waals surface area contributed by atoms with Gasteiger partial charge in [-0.15, -0.1) is 0 Å². The Balaban J connectivity index is 2.22. The van der Waals surface area contributed by atoms with Gasteiger partial charge in [-0.25, -0.2) is 0 Å². The molecule has 0 aromatic rings. The van der Waals surface area contributed by atoms with E-state index in [1.807, 2.05) is 0 Å². The van der Waals surface area contributed by atoms with Crippen LogP contribution in [-0.4, -0.2) is 0 Å². The number of hydrogen-bond donors (Lipinski definition) is 0. The van der Waals surface area contributed by atoms with Crippen LogP contribution in [-0.2, 0) is 0 Å². The van der Waals surface area contributed by atoms with Gasteiger partial charge in [-0.1, -0.05) is 24.3 Å². The molecule has 0 saturated heterocycles. The van der Waals surface area contributed by atoms with Gasteiger partial charge in [-0.2, -0.15) is 0 Å². The van der Waals surface area contributed by atoms with Gasteiger partial charge in [0.1, 0.15) is 0 Å². The Morgan fingerprint density at radius 2 is 0.818 bits per heavy atom. The smallest absolute Gasteiger partial charge is 0.0348 e. The molecule has 0 radical (unpaired) electrons. The molecule has 0 unspecified atom stereocenters. The fourth-order valence-electron chi connectivity index (χ4n) is 1.35. The van der Waals surface area contributed by atoms with Gasteiger partial charge < -0.3 is 0 Å². The summed E-state index contributed by atoms with van der Waals surface area (Å²) in [5.74, 6) is 0. The van der Waals surface area contributed by atoms with Gasteiger partial charge in [0.15, 0.2) is 0 Å². The summed E-state index contributed by atoms with van der Waals surface area (Å²) in [6.07, 6.45) is 18.5. The molecule has 0 bridgehead atoms. The van der Waals surface area contributed by atoms with Crippen molar-refractivity contribution in [1.82, 2.24) is 0 Å². The first-order valence-electron chi connectivity index (χ1n) is 4.80. The van der Waals surface area contributed by atoms with Crippen LogP contribution in [0.5, 0.6) is 0 Å². The third kappa shape index (κ3) is 4.83. The van der Waals surface area contributed by atoms with Crippen LogP contribution in [0.2, 0.25) is 0 Å². The van der Waals surface area contributed by atoms with E-state index in [-0.39, 0.29) is 0 Å². The Morgan fingerprint density at radius 3 is 1.27 bits per heavy atom. The van der Waals surface area contributed by atoms with Gasteiger partial charge in [-0.05, 0) is 44.9 Å². The van der Waals surface area contributed by atoms with Crippen molar-refractivity contribution >= 4 is 0 Å². The predicted molar refractivity (Wildman–Crippen MR) is 50.6 cm³/mol. The second-order valence-electron chi connectivity index (χ2n) is 3.16. The number of rotatable bonds is 0. The molecule has 0 fully saturated rings. The molecular formula is C11H18. The fourth-order valence-corrected chi connectivity index (χ4v) is 1.35. The van der Waals surface area contributed by atoms with E-state index in [0.717, 1.165) is 0 Å². The van der Waals surface area contributed by atoms with Crippen molar-refractivity contribution in [2.75, 3.05) is 0 Å². The summed E-state index contributed by atoms with van der Waals surface area (Å²) in [6.45, 7) is 0. The van der Waals surface area contributed by atoms with E-state index in [9.17, 15) is 0 Å². The highest BCUT2D eigenvalue weighted by Gasteiger charge is 1.86. The van der Waals surface area contributed by atoms with Gasteiger partial charge >= 0.3 is 0 Å². The fraction of sp³-hybridized carbons (Fsp3) is 0.636. The van der Waals surface area contributed by atoms with Crippen LogP contribution < -0.4 is 0 Å². The zero-order valence-corrected chi connectivity index (χ0v) is 7.26. The van der Waals surface area contributed by atoms with E-state index >= 15 is 0 Å². The summed E-state index contributed by atoms with van der Waals surface area (Å²) in [6, 6.07) is 0. The van der Waals surface area contributed by atoms with Crippen LogP contribution in [0.1, 0.15) is 44.9 Å². The molecule has 11 heavy (non-hydrogen) atoms. The summed E-state index contributed by atoms with van der Waals surface area (Å²) in [4.78, 5) is 0. The Morgan fingerprint density at radius 1 is 0.455 bits per heavy atom. The average Bonchev–Trinajstić information content (AvgIpc) is 2.08. The lowest BCUT2D eigenvalue weighted by Crippen LogP contribution is -1.71. The topological polar surface area (TPSA) is 0 Å². The van der Waals surface area contributed by atoms with E-state index < -0.39 is 0 Å². The molecule has 0 aliphatic heterocycles. The van der Waals surface area contributed by atoms with Crippen molar-refractivity contribution in [3.05, 3.63) is 24.3 Å². The first-order valence-corrected chi connectivity index (χ1v) is 4.80. The molecule has 1 aliphatic rings. The molecule has 0 heteroatoms. The maximum atomic E-state index is 2.34. The SMILES string of the molecule is C1=CCCCC/C=C\CCC1. The second kappa shape index (κ2) is 6.21. The molecule has 0 aromatic carbocycles. The van der Waals surface area contributed by atoms with Crippen LogP contribution in [0, 0.1) is 0 Å². The molecule has 0 saturated carbocycles. The minimum atomic E-state index is 1.27. The number of allylic oxidation sites excluding steroid dienone is 4. The lowest BCUT2D eigenvalue weighted by atomic mass is 10.2. The van der Waals surface area contributed by atoms with Crippen molar-refractivity contribution in [1.29, 1.82) is 0 Å². The summed E-state index contributed by atoms with van der Waals surface area (Å²) < 4.78 is 0. The van der Waals surface area contributed by atoms with Gasteiger partial charge in [0.25, 0.3) is 0 Å². The van der Waals surface area contributed by atoms with Gasteiger partial charge in [0.05, 0.1) is 0 Å². The molecule has 0 aromatic heterocycles. The zero-order valence-electron chi connectivity index (χ0n) is 7.26. The van der Waals surface area contributed by atoms with Crippen LogP contribution in [0.25, 0.3) is 0 Å². The van der Waals surface area contributed by atoms with E-state index in [1.165, 1.54) is 44.9 Å². The first-order chi connectivity index (χ1) is 5.50. The Labute approximate surface area is 70.0 Å². The summed E-state index contributed by atoms with van der Waals surface area (Å²) in [5, 5.41) is 0. The van der Waals surface area contributed by atoms with Crippen molar-refractivity contribution in [2.24, 2.45) is 0 Å². The Hall–Kier alpha value is -0.520. The maximum Gasteiger partial charge on any atom is -0.0348 e. The van der Waals surface area contributed by atoms with Crippen molar-refractivity contribution in [3.63, 3.8) is 0 Å². The minimum absolute atomic E-state index is 1.27. The van der Waals surface area contributed by atoms with Crippen LogP contribution in [0.3, 0.4) is 0 Å². The van der Waals surface area contributed by atoms with E-state index in [2.05, 4.69) is 24.3 Å². The third-order valence-electron chi connectivity index (χ3n) is 2.07. The van der Waals surface area contributed by atoms with Crippen LogP contribution in [0.4, 0.5) is 0 Å². The van der Waals surface area contributed by atoms with Crippen molar-refractivity contribution in [2.45, 2.75) is 44.9 Å². The van der Waals surface area contributed by atoms with E-state index in [1.54, 1.807) is 0 Å². The first kappa shape index (κ1) is 8.58. The van der Waals surface area contributed by atoms with Crippen molar-refractivity contribution in [3.8, 4) is 0 Å². The summed E-state index contributed by atoms with van der Waals surface area (Å²) in [7, 11) is 0. The lowest BCUT2D eigenvalue weighted by Gasteiger charge is -1.90.